The molecule has 0 bridgehead atoms. The third-order valence-electron chi connectivity index (χ3n) is 6.70. The van der Waals surface area contributed by atoms with Gasteiger partial charge in [-0.3, -0.25) is 19.2 Å². The summed E-state index contributed by atoms with van der Waals surface area (Å²) in [4.78, 5) is 66.6. The van der Waals surface area contributed by atoms with Gasteiger partial charge in [-0.25, -0.2) is 9.97 Å². The Balaban J connectivity index is 0.000000853. The summed E-state index contributed by atoms with van der Waals surface area (Å²) in [6, 6.07) is 8.97. The van der Waals surface area contributed by atoms with Gasteiger partial charge in [-0.1, -0.05) is 39.0 Å². The maximum absolute atomic E-state index is 13.4. The second kappa shape index (κ2) is 17.0. The van der Waals surface area contributed by atoms with E-state index in [1.807, 2.05) is 26.8 Å². The predicted octanol–water partition coefficient (Wildman–Crippen LogP) is 3.91. The van der Waals surface area contributed by atoms with Crippen LogP contribution in [0.3, 0.4) is 0 Å². The van der Waals surface area contributed by atoms with Crippen LogP contribution in [0.25, 0.3) is 21.6 Å². The molecule has 1 aliphatic heterocycles. The number of piperazine rings is 1. The molecule has 13 heteroatoms. The van der Waals surface area contributed by atoms with Gasteiger partial charge in [0.1, 0.15) is 16.5 Å². The van der Waals surface area contributed by atoms with E-state index in [0.717, 1.165) is 11.3 Å². The van der Waals surface area contributed by atoms with Crippen molar-refractivity contribution in [1.29, 1.82) is 0 Å². The van der Waals surface area contributed by atoms with Crippen LogP contribution in [0, 0.1) is 0 Å². The monoisotopic (exact) mass is 636 g/mol. The molecule has 3 aromatic heterocycles. The highest BCUT2D eigenvalue weighted by atomic mass is 32.1. The highest BCUT2D eigenvalue weighted by Gasteiger charge is 2.31. The molecule has 45 heavy (non-hydrogen) atoms. The van der Waals surface area contributed by atoms with Crippen molar-refractivity contribution in [3.63, 3.8) is 0 Å². The van der Waals surface area contributed by atoms with Crippen molar-refractivity contribution in [2.45, 2.75) is 40.7 Å². The van der Waals surface area contributed by atoms with Crippen LogP contribution in [0.2, 0.25) is 0 Å². The number of aliphatic hydroxyl groups excluding tert-OH is 1. The number of thiazole rings is 1. The van der Waals surface area contributed by atoms with Crippen molar-refractivity contribution in [3.8, 4) is 16.5 Å². The number of carbonyl (C=O) groups excluding carboxylic acids is 4. The molecule has 4 aromatic rings. The van der Waals surface area contributed by atoms with Crippen LogP contribution in [0.1, 0.15) is 59.7 Å². The smallest absolute Gasteiger partial charge is 0.295 e. The number of benzene rings is 1. The van der Waals surface area contributed by atoms with Crippen LogP contribution in [0.5, 0.6) is 5.75 Å². The number of aromatic amines is 1. The summed E-state index contributed by atoms with van der Waals surface area (Å²) in [5.41, 5.74) is 1.79. The standard InChI is InChI=1S/C27H26N6O5S.C3H8O.C2H6/c1-16(34)28-12-18-13-31-25(39-18)23-22-21(20(38-2)15-30-23)19(14-29-22)24(35)27(37)33-10-8-32(9-11-33)26(36)17-6-4-3-5-7-17;1-2-3-4;1-2/h3-7,13-15,29H,8-12H2,1-2H3,(H,28,34);4H,2-3H2,1H3;1-2H3. The molecule has 1 aliphatic rings. The van der Waals surface area contributed by atoms with Crippen molar-refractivity contribution < 1.29 is 29.0 Å². The molecule has 12 nitrogen and oxygen atoms in total. The number of carbonyl (C=O) groups is 4. The van der Waals surface area contributed by atoms with Crippen LogP contribution in [0.15, 0.2) is 48.9 Å². The summed E-state index contributed by atoms with van der Waals surface area (Å²) < 4.78 is 5.48. The van der Waals surface area contributed by atoms with Crippen molar-refractivity contribution in [3.05, 3.63) is 64.9 Å². The number of rotatable bonds is 8. The van der Waals surface area contributed by atoms with Gasteiger partial charge in [-0.2, -0.15) is 0 Å². The van der Waals surface area contributed by atoms with Crippen LogP contribution in [-0.4, -0.2) is 93.3 Å². The summed E-state index contributed by atoms with van der Waals surface area (Å²) in [5.74, 6) is -1.21. The number of aromatic nitrogens is 3. The van der Waals surface area contributed by atoms with Gasteiger partial charge < -0.3 is 29.9 Å². The minimum Gasteiger partial charge on any atom is -0.494 e. The molecule has 4 heterocycles. The van der Waals surface area contributed by atoms with E-state index in [1.165, 1.54) is 42.7 Å². The Morgan fingerprint density at radius 1 is 1.02 bits per heavy atom. The largest absolute Gasteiger partial charge is 0.494 e. The number of fused-ring (bicyclic) bond motifs is 1. The fraction of sp³-hybridized carbons (Fsp3) is 0.375. The molecular weight excluding hydrogens is 596 g/mol. The number of nitrogens with one attached hydrogen (secondary N) is 2. The molecule has 0 radical (unpaired) electrons. The van der Waals surface area contributed by atoms with E-state index >= 15 is 0 Å². The van der Waals surface area contributed by atoms with E-state index in [9.17, 15) is 19.2 Å². The molecule has 0 unspecified atom stereocenters. The molecule has 0 atom stereocenters. The Morgan fingerprint density at radius 3 is 2.27 bits per heavy atom. The summed E-state index contributed by atoms with van der Waals surface area (Å²) in [7, 11) is 1.47. The first-order valence-corrected chi connectivity index (χ1v) is 15.6. The Morgan fingerprint density at radius 2 is 1.67 bits per heavy atom. The lowest BCUT2D eigenvalue weighted by Gasteiger charge is -2.34. The highest BCUT2D eigenvalue weighted by Crippen LogP contribution is 2.36. The number of H-pyrrole nitrogens is 1. The summed E-state index contributed by atoms with van der Waals surface area (Å²) >= 11 is 1.36. The maximum Gasteiger partial charge on any atom is 0.295 e. The SMILES string of the molecule is CC.CCCO.COc1cnc(-c2ncc(CNC(C)=O)s2)c2[nH]cc(C(=O)C(=O)N3CCN(C(=O)c4ccccc4)CC3)c12. The van der Waals surface area contributed by atoms with E-state index in [4.69, 9.17) is 9.84 Å². The molecule has 1 aromatic carbocycles. The fourth-order valence-corrected chi connectivity index (χ4v) is 5.31. The molecule has 5 rings (SSSR count). The summed E-state index contributed by atoms with van der Waals surface area (Å²) in [6.07, 6.45) is 5.52. The summed E-state index contributed by atoms with van der Waals surface area (Å²) in [5, 5.41) is 11.6. The molecule has 3 amide bonds. The van der Waals surface area contributed by atoms with Crippen LogP contribution >= 0.6 is 11.3 Å². The lowest BCUT2D eigenvalue weighted by atomic mass is 10.1. The number of Topliss-reactive ketones (excluding diaryl/α,β-unsaturated/α-hetero) is 1. The van der Waals surface area contributed by atoms with Gasteiger partial charge in [-0.15, -0.1) is 11.3 Å². The fourth-order valence-electron chi connectivity index (χ4n) is 4.46. The minimum atomic E-state index is -0.676. The zero-order chi connectivity index (χ0) is 32.9. The Hall–Kier alpha value is -4.62. The number of ether oxygens (including phenoxy) is 1. The van der Waals surface area contributed by atoms with E-state index in [0.29, 0.717) is 59.2 Å². The molecule has 240 valence electrons. The number of hydrogen-bond acceptors (Lipinski definition) is 9. The van der Waals surface area contributed by atoms with E-state index in [1.54, 1.807) is 35.4 Å². The average molecular weight is 637 g/mol. The molecule has 0 saturated carbocycles. The van der Waals surface area contributed by atoms with Crippen molar-refractivity contribution in [2.24, 2.45) is 0 Å². The average Bonchev–Trinajstić information content (AvgIpc) is 3.76. The molecule has 3 N–H and O–H groups in total. The quantitative estimate of drug-likeness (QED) is 0.194. The zero-order valence-corrected chi connectivity index (χ0v) is 27.1. The second-order valence-electron chi connectivity index (χ2n) is 9.67. The predicted molar refractivity (Wildman–Crippen MR) is 173 cm³/mol. The number of ketones is 1. The second-order valence-corrected chi connectivity index (χ2v) is 10.8. The molecule has 1 saturated heterocycles. The van der Waals surface area contributed by atoms with Gasteiger partial charge >= 0.3 is 0 Å². The third kappa shape index (κ3) is 8.52. The normalized spacial score (nSPS) is 12.4. The van der Waals surface area contributed by atoms with Gasteiger partial charge in [0, 0.05) is 62.5 Å². The van der Waals surface area contributed by atoms with Crippen LogP contribution in [0.4, 0.5) is 0 Å². The Labute approximate surface area is 266 Å². The first kappa shape index (κ1) is 34.9. The Kier molecular flexibility index (Phi) is 13.2. The molecule has 0 spiro atoms. The van der Waals surface area contributed by atoms with Gasteiger partial charge in [0.15, 0.2) is 0 Å². The van der Waals surface area contributed by atoms with Gasteiger partial charge in [0.25, 0.3) is 17.6 Å². The lowest BCUT2D eigenvalue weighted by molar-refractivity contribution is -0.127. The Bertz CT molecular complexity index is 1590. The van der Waals surface area contributed by atoms with E-state index in [2.05, 4.69) is 20.3 Å². The number of nitrogens with zero attached hydrogens (tertiary/aromatic N) is 4. The van der Waals surface area contributed by atoms with Crippen molar-refractivity contribution in [1.82, 2.24) is 30.1 Å². The number of methoxy groups -OCH3 is 1. The number of aliphatic hydroxyl groups is 1. The number of pyridine rings is 1. The zero-order valence-electron chi connectivity index (χ0n) is 26.3. The van der Waals surface area contributed by atoms with Crippen LogP contribution in [-0.2, 0) is 16.1 Å². The molecule has 1 fully saturated rings. The van der Waals surface area contributed by atoms with E-state index < -0.39 is 11.7 Å². The van der Waals surface area contributed by atoms with E-state index in [-0.39, 0.29) is 30.5 Å². The highest BCUT2D eigenvalue weighted by molar-refractivity contribution is 7.15. The van der Waals surface area contributed by atoms with Gasteiger partial charge in [0.2, 0.25) is 5.91 Å². The number of hydrogen-bond donors (Lipinski definition) is 3. The molecular formula is C32H40N6O6S. The van der Waals surface area contributed by atoms with Gasteiger partial charge in [0.05, 0.1) is 36.3 Å². The minimum absolute atomic E-state index is 0.0992. The first-order chi connectivity index (χ1) is 21.8. The summed E-state index contributed by atoms with van der Waals surface area (Å²) in [6.45, 7) is 9.22. The molecule has 0 aliphatic carbocycles. The van der Waals surface area contributed by atoms with Crippen molar-refractivity contribution in [2.75, 3.05) is 39.9 Å². The van der Waals surface area contributed by atoms with Crippen molar-refractivity contribution >= 4 is 45.7 Å². The lowest BCUT2D eigenvalue weighted by Crippen LogP contribution is -2.52. The maximum atomic E-state index is 13.4. The topological polar surface area (TPSA) is 158 Å². The number of amides is 3. The third-order valence-corrected chi connectivity index (χ3v) is 7.70. The van der Waals surface area contributed by atoms with Crippen LogP contribution < -0.4 is 10.1 Å². The van der Waals surface area contributed by atoms with Gasteiger partial charge in [-0.05, 0) is 18.6 Å². The first-order valence-electron chi connectivity index (χ1n) is 14.8.